The van der Waals surface area contributed by atoms with Crippen LogP contribution in [0.5, 0.6) is 5.75 Å². The smallest absolute Gasteiger partial charge is 0.325 e. The summed E-state index contributed by atoms with van der Waals surface area (Å²) in [6.45, 7) is 9.20. The number of carbonyl (C=O) groups is 11. The number of thiol groups is 1. The SMILES string of the molecule is CSCC[C@H](NC(=O)[C@H](CC(C)C)NC(=O)[C@H](Cc1ccc(O)cc1)NC(=O)CNC(=O)[C@H](C)N)C(=O)N[C@@H](CCC(=O)O)C(=O)N[C@@H](CC(C)C)C(=O)N[C@@H](CS)C(=O)N[C@@H](Cc1ccccc1)C(=O)N[C@@H](C)C(=O)O. The quantitative estimate of drug-likeness (QED) is 0.0384. The van der Waals surface area contributed by atoms with Gasteiger partial charge in [0, 0.05) is 25.0 Å². The average molecular weight is 1120 g/mol. The van der Waals surface area contributed by atoms with Crippen molar-refractivity contribution in [1.82, 2.24) is 47.9 Å². The molecule has 0 unspecified atom stereocenters. The summed E-state index contributed by atoms with van der Waals surface area (Å²) in [6.07, 6.45) is 0.551. The van der Waals surface area contributed by atoms with Gasteiger partial charge in [-0.15, -0.1) is 0 Å². The molecule has 77 heavy (non-hydrogen) atoms. The number of nitrogens with one attached hydrogen (secondary N) is 9. The van der Waals surface area contributed by atoms with E-state index in [4.69, 9.17) is 5.73 Å². The van der Waals surface area contributed by atoms with Crippen LogP contribution in [0.4, 0.5) is 0 Å². The van der Waals surface area contributed by atoms with Crippen molar-refractivity contribution >= 4 is 89.5 Å². The minimum atomic E-state index is -1.59. The Labute approximate surface area is 457 Å². The molecule has 0 saturated carbocycles. The lowest BCUT2D eigenvalue weighted by Gasteiger charge is -2.28. The van der Waals surface area contributed by atoms with E-state index in [1.54, 1.807) is 64.3 Å². The monoisotopic (exact) mass is 1120 g/mol. The maximum atomic E-state index is 14.2. The van der Waals surface area contributed by atoms with Gasteiger partial charge < -0.3 is 68.9 Å². The third-order valence-corrected chi connectivity index (χ3v) is 12.5. The Hall–Kier alpha value is -6.93. The summed E-state index contributed by atoms with van der Waals surface area (Å²) < 4.78 is 0. The van der Waals surface area contributed by atoms with Crippen LogP contribution in [0.3, 0.4) is 0 Å². The van der Waals surface area contributed by atoms with E-state index >= 15 is 0 Å². The Morgan fingerprint density at radius 2 is 0.948 bits per heavy atom. The lowest BCUT2D eigenvalue weighted by molar-refractivity contribution is -0.141. The highest BCUT2D eigenvalue weighted by Gasteiger charge is 2.35. The third-order valence-electron chi connectivity index (χ3n) is 11.5. The zero-order valence-corrected chi connectivity index (χ0v) is 46.1. The van der Waals surface area contributed by atoms with Crippen LogP contribution in [0, 0.1) is 11.8 Å². The number of hydrogen-bond acceptors (Lipinski definition) is 15. The lowest BCUT2D eigenvalue weighted by atomic mass is 10.00. The normalized spacial score (nSPS) is 14.6. The number of aliphatic carboxylic acids is 2. The molecule has 0 saturated heterocycles. The lowest BCUT2D eigenvalue weighted by Crippen LogP contribution is -2.61. The van der Waals surface area contributed by atoms with Crippen molar-refractivity contribution in [1.29, 1.82) is 0 Å². The van der Waals surface area contributed by atoms with Crippen molar-refractivity contribution in [3.63, 3.8) is 0 Å². The molecular weight excluding hydrogens is 1040 g/mol. The molecule has 426 valence electrons. The molecule has 0 aliphatic rings. The van der Waals surface area contributed by atoms with E-state index < -0.39 is 139 Å². The van der Waals surface area contributed by atoms with Crippen LogP contribution in [0.2, 0.25) is 0 Å². The maximum Gasteiger partial charge on any atom is 0.325 e. The predicted molar refractivity (Wildman–Crippen MR) is 290 cm³/mol. The summed E-state index contributed by atoms with van der Waals surface area (Å²) in [7, 11) is 0. The number of carbonyl (C=O) groups excluding carboxylic acids is 9. The Bertz CT molecular complexity index is 2330. The van der Waals surface area contributed by atoms with Crippen LogP contribution >= 0.6 is 24.4 Å². The number of phenols is 1. The largest absolute Gasteiger partial charge is 0.508 e. The summed E-state index contributed by atoms with van der Waals surface area (Å²) in [5.41, 5.74) is 6.73. The van der Waals surface area contributed by atoms with Crippen molar-refractivity contribution in [2.45, 2.75) is 141 Å². The highest BCUT2D eigenvalue weighted by Crippen LogP contribution is 2.15. The Morgan fingerprint density at radius 3 is 1.42 bits per heavy atom. The summed E-state index contributed by atoms with van der Waals surface area (Å²) in [5, 5.41) is 51.6. The number of hydrogen-bond donors (Lipinski definition) is 14. The number of benzene rings is 2. The van der Waals surface area contributed by atoms with Crippen LogP contribution in [0.15, 0.2) is 54.6 Å². The molecule has 0 aliphatic carbocycles. The maximum absolute atomic E-state index is 14.2. The number of nitrogens with two attached hydrogens (primary N) is 1. The second kappa shape index (κ2) is 34.0. The molecule has 0 aliphatic heterocycles. The Balaban J connectivity index is 2.39. The Morgan fingerprint density at radius 1 is 0.532 bits per heavy atom. The number of phenolic OH excluding ortho intramolecular Hbond substituents is 1. The zero-order chi connectivity index (χ0) is 57.9. The van der Waals surface area contributed by atoms with Crippen molar-refractivity contribution in [2.75, 3.05) is 24.3 Å². The summed E-state index contributed by atoms with van der Waals surface area (Å²) in [6, 6.07) is 2.58. The first kappa shape index (κ1) is 66.2. The zero-order valence-electron chi connectivity index (χ0n) is 44.4. The van der Waals surface area contributed by atoms with Gasteiger partial charge in [0.15, 0.2) is 0 Å². The minimum Gasteiger partial charge on any atom is -0.508 e. The predicted octanol–water partition coefficient (Wildman–Crippen LogP) is -0.736. The minimum absolute atomic E-state index is 0.000955. The molecule has 24 nitrogen and oxygen atoms in total. The molecule has 0 bridgehead atoms. The van der Waals surface area contributed by atoms with Crippen molar-refractivity contribution in [3.8, 4) is 5.75 Å². The number of aromatic hydroxyl groups is 1. The molecule has 0 heterocycles. The number of rotatable bonds is 34. The molecule has 2 aromatic rings. The first-order valence-electron chi connectivity index (χ1n) is 25.1. The molecule has 0 radical (unpaired) electrons. The van der Waals surface area contributed by atoms with Gasteiger partial charge in [0.05, 0.1) is 12.6 Å². The van der Waals surface area contributed by atoms with Crippen molar-refractivity contribution in [3.05, 3.63) is 65.7 Å². The van der Waals surface area contributed by atoms with E-state index in [9.17, 15) is 68.1 Å². The molecule has 9 atom stereocenters. The molecule has 0 spiro atoms. The van der Waals surface area contributed by atoms with E-state index in [0.717, 1.165) is 0 Å². The van der Waals surface area contributed by atoms with Crippen LogP contribution in [-0.4, -0.2) is 159 Å². The molecule has 2 rings (SSSR count). The van der Waals surface area contributed by atoms with E-state index in [0.29, 0.717) is 16.9 Å². The second-order valence-electron chi connectivity index (χ2n) is 19.3. The van der Waals surface area contributed by atoms with Crippen molar-refractivity contribution < 1.29 is 68.1 Å². The van der Waals surface area contributed by atoms with Crippen LogP contribution in [0.25, 0.3) is 0 Å². The topological polar surface area (TPSA) is 383 Å². The van der Waals surface area contributed by atoms with Gasteiger partial charge in [0.25, 0.3) is 0 Å². The molecular formula is C51H76N10O14S2. The van der Waals surface area contributed by atoms with Gasteiger partial charge in [-0.25, -0.2) is 0 Å². The van der Waals surface area contributed by atoms with E-state index in [1.807, 2.05) is 0 Å². The molecule has 0 fully saturated rings. The van der Waals surface area contributed by atoms with Gasteiger partial charge in [-0.3, -0.25) is 52.7 Å². The average Bonchev–Trinajstić information content (AvgIpc) is 3.36. The van der Waals surface area contributed by atoms with Gasteiger partial charge in [-0.2, -0.15) is 24.4 Å². The van der Waals surface area contributed by atoms with Crippen molar-refractivity contribution in [2.24, 2.45) is 17.6 Å². The molecule has 14 N–H and O–H groups in total. The van der Waals surface area contributed by atoms with Gasteiger partial charge >= 0.3 is 11.9 Å². The van der Waals surface area contributed by atoms with Crippen LogP contribution in [-0.2, 0) is 65.6 Å². The van der Waals surface area contributed by atoms with E-state index in [-0.39, 0.29) is 55.4 Å². The highest BCUT2D eigenvalue weighted by molar-refractivity contribution is 7.98. The number of amides is 9. The van der Waals surface area contributed by atoms with Crippen LogP contribution in [0.1, 0.15) is 84.8 Å². The molecule has 26 heteroatoms. The summed E-state index contributed by atoms with van der Waals surface area (Å²) in [5.74, 6) is -10.5. The van der Waals surface area contributed by atoms with Crippen LogP contribution < -0.4 is 53.6 Å². The number of carboxylic acid groups (broad SMARTS) is 2. The highest BCUT2D eigenvalue weighted by atomic mass is 32.2. The number of thioether (sulfide) groups is 1. The Kier molecular flexibility index (Phi) is 29.2. The van der Waals surface area contributed by atoms with E-state index in [2.05, 4.69) is 60.5 Å². The second-order valence-corrected chi connectivity index (χ2v) is 20.6. The molecule has 0 aromatic heterocycles. The van der Waals surface area contributed by atoms with Gasteiger partial charge in [0.1, 0.15) is 54.1 Å². The summed E-state index contributed by atoms with van der Waals surface area (Å²) in [4.78, 5) is 146. The molecule has 9 amide bonds. The fraction of sp³-hybridized carbons (Fsp3) is 0.549. The van der Waals surface area contributed by atoms with Gasteiger partial charge in [-0.05, 0) is 86.6 Å². The number of carboxylic acids is 2. The third kappa shape index (κ3) is 25.2. The summed E-state index contributed by atoms with van der Waals surface area (Å²) >= 11 is 5.58. The first-order valence-corrected chi connectivity index (χ1v) is 27.1. The van der Waals surface area contributed by atoms with Gasteiger partial charge in [-0.1, -0.05) is 70.2 Å². The molecule has 2 aromatic carbocycles. The fourth-order valence-corrected chi connectivity index (χ4v) is 8.09. The standard InChI is InChI=1S/C51H76N10O14S2/c1-27(2)21-36(59-49(72)38(24-32-13-15-33(62)16-14-32)55-41(63)25-53-43(66)29(5)52)47(70)57-35(19-20-77-7)45(68)56-34(17-18-42(64)65)44(67)58-37(22-28(3)4)48(71)61-40(26-76)50(73)60-39(23-31-11-9-8-10-12-31)46(69)54-30(6)51(74)75/h8-16,27-30,34-40,62,76H,17-26,52H2,1-7H3,(H,53,66)(H,54,69)(H,55,63)(H,56,68)(H,57,70)(H,58,67)(H,59,72)(H,60,73)(H,61,71)(H,64,65)(H,74,75)/t29-,30-,34-,35-,36-,37-,38-,39-,40-/m0/s1. The first-order chi connectivity index (χ1) is 36.2. The van der Waals surface area contributed by atoms with Gasteiger partial charge in [0.2, 0.25) is 53.2 Å². The van der Waals surface area contributed by atoms with E-state index in [1.165, 1.54) is 49.9 Å². The fourth-order valence-electron chi connectivity index (χ4n) is 7.36.